The van der Waals surface area contributed by atoms with E-state index in [-0.39, 0.29) is 16.1 Å². The second-order valence-electron chi connectivity index (χ2n) is 5.43. The molecule has 2 rings (SSSR count). The first-order valence-electron chi connectivity index (χ1n) is 6.49. The lowest BCUT2D eigenvalue weighted by Gasteiger charge is -2.42. The Bertz CT molecular complexity index is 619. The van der Waals surface area contributed by atoms with Crippen LogP contribution in [0.2, 0.25) is 0 Å². The zero-order valence-corrected chi connectivity index (χ0v) is 13.4. The van der Waals surface area contributed by atoms with Gasteiger partial charge in [0.2, 0.25) is 5.91 Å². The Labute approximate surface area is 129 Å². The molecule has 7 heteroatoms. The van der Waals surface area contributed by atoms with Gasteiger partial charge in [0.15, 0.2) is 0 Å². The lowest BCUT2D eigenvalue weighted by Crippen LogP contribution is -2.68. The predicted molar refractivity (Wildman–Crippen MR) is 77.8 cm³/mol. The van der Waals surface area contributed by atoms with Crippen molar-refractivity contribution in [1.29, 1.82) is 0 Å². The minimum absolute atomic E-state index is 0.0371. The molecule has 4 nitrogen and oxygen atoms in total. The highest BCUT2D eigenvalue weighted by Gasteiger charge is 2.46. The molecule has 1 heterocycles. The van der Waals surface area contributed by atoms with Crippen molar-refractivity contribution in [1.82, 2.24) is 5.32 Å². The highest BCUT2D eigenvalue weighted by Crippen LogP contribution is 2.32. The standard InChI is InChI=1S/C14H15BrF2N2O2/c1-4-10-12(20)18-14(2,3)13(21)19(10)11-6-8(16)7(15)5-9(11)17/h5-6,10H,4H2,1-3H3,(H,18,20). The number of carbonyl (C=O) groups excluding carboxylic acids is 2. The van der Waals surface area contributed by atoms with Crippen LogP contribution in [0.25, 0.3) is 0 Å². The Balaban J connectivity index is 2.59. The summed E-state index contributed by atoms with van der Waals surface area (Å²) >= 11 is 2.89. The number of nitrogens with one attached hydrogen (secondary N) is 1. The van der Waals surface area contributed by atoms with E-state index in [1.165, 1.54) is 13.8 Å². The van der Waals surface area contributed by atoms with Gasteiger partial charge in [-0.1, -0.05) is 6.92 Å². The molecule has 1 fully saturated rings. The van der Waals surface area contributed by atoms with Crippen molar-refractivity contribution in [2.75, 3.05) is 4.90 Å². The van der Waals surface area contributed by atoms with E-state index in [0.717, 1.165) is 17.0 Å². The Morgan fingerprint density at radius 3 is 2.48 bits per heavy atom. The molecule has 1 atom stereocenters. The zero-order chi connectivity index (χ0) is 15.9. The summed E-state index contributed by atoms with van der Waals surface area (Å²) in [5.74, 6) is -2.32. The lowest BCUT2D eigenvalue weighted by molar-refractivity contribution is -0.137. The smallest absolute Gasteiger partial charge is 0.252 e. The average Bonchev–Trinajstić information content (AvgIpc) is 2.38. The predicted octanol–water partition coefficient (Wildman–Crippen LogP) is 2.75. The first-order chi connectivity index (χ1) is 9.69. The van der Waals surface area contributed by atoms with Gasteiger partial charge in [-0.3, -0.25) is 14.5 Å². The number of piperazine rings is 1. The normalized spacial score (nSPS) is 21.4. The fraction of sp³-hybridized carbons (Fsp3) is 0.429. The molecule has 0 spiro atoms. The third kappa shape index (κ3) is 2.66. The summed E-state index contributed by atoms with van der Waals surface area (Å²) in [7, 11) is 0. The van der Waals surface area contributed by atoms with Crippen LogP contribution in [0.4, 0.5) is 14.5 Å². The molecule has 0 bridgehead atoms. The molecule has 1 saturated heterocycles. The largest absolute Gasteiger partial charge is 0.340 e. The average molecular weight is 361 g/mol. The number of anilines is 1. The van der Waals surface area contributed by atoms with E-state index in [4.69, 9.17) is 0 Å². The van der Waals surface area contributed by atoms with E-state index < -0.39 is 29.1 Å². The molecule has 2 amide bonds. The van der Waals surface area contributed by atoms with Gasteiger partial charge in [0.05, 0.1) is 10.2 Å². The Morgan fingerprint density at radius 2 is 1.90 bits per heavy atom. The molecule has 1 N–H and O–H groups in total. The number of hydrogen-bond acceptors (Lipinski definition) is 2. The first-order valence-corrected chi connectivity index (χ1v) is 7.28. The quantitative estimate of drug-likeness (QED) is 0.824. The van der Waals surface area contributed by atoms with Crippen LogP contribution in [-0.2, 0) is 9.59 Å². The summed E-state index contributed by atoms with van der Waals surface area (Å²) < 4.78 is 27.8. The van der Waals surface area contributed by atoms with Gasteiger partial charge in [0.1, 0.15) is 23.2 Å². The maximum absolute atomic E-state index is 14.2. The van der Waals surface area contributed by atoms with Crippen molar-refractivity contribution in [2.24, 2.45) is 0 Å². The minimum Gasteiger partial charge on any atom is -0.340 e. The molecule has 0 aliphatic carbocycles. The van der Waals surface area contributed by atoms with Crippen molar-refractivity contribution in [3.05, 3.63) is 28.2 Å². The summed E-state index contributed by atoms with van der Waals surface area (Å²) in [6.07, 6.45) is 0.296. The maximum atomic E-state index is 14.2. The van der Waals surface area contributed by atoms with Gasteiger partial charge in [-0.25, -0.2) is 8.78 Å². The number of halogens is 3. The molecule has 0 radical (unpaired) electrons. The Kier molecular flexibility index (Phi) is 4.06. The van der Waals surface area contributed by atoms with Gasteiger partial charge in [-0.2, -0.15) is 0 Å². The van der Waals surface area contributed by atoms with Crippen LogP contribution in [0.5, 0.6) is 0 Å². The van der Waals surface area contributed by atoms with Gasteiger partial charge in [-0.15, -0.1) is 0 Å². The van der Waals surface area contributed by atoms with E-state index in [1.807, 2.05) is 0 Å². The van der Waals surface area contributed by atoms with E-state index in [2.05, 4.69) is 21.2 Å². The fourth-order valence-electron chi connectivity index (χ4n) is 2.35. The number of rotatable bonds is 2. The molecule has 114 valence electrons. The number of nitrogens with zero attached hydrogens (tertiary/aromatic N) is 1. The van der Waals surface area contributed by atoms with Crippen LogP contribution < -0.4 is 10.2 Å². The molecule has 1 aliphatic heterocycles. The third-order valence-electron chi connectivity index (χ3n) is 3.44. The van der Waals surface area contributed by atoms with Gasteiger partial charge < -0.3 is 5.32 Å². The van der Waals surface area contributed by atoms with Gasteiger partial charge in [0.25, 0.3) is 5.91 Å². The van der Waals surface area contributed by atoms with E-state index in [1.54, 1.807) is 6.92 Å². The van der Waals surface area contributed by atoms with Crippen LogP contribution in [-0.4, -0.2) is 23.4 Å². The van der Waals surface area contributed by atoms with Gasteiger partial charge in [0, 0.05) is 6.07 Å². The highest BCUT2D eigenvalue weighted by atomic mass is 79.9. The van der Waals surface area contributed by atoms with E-state index in [0.29, 0.717) is 6.42 Å². The molecule has 1 aliphatic rings. The monoisotopic (exact) mass is 360 g/mol. The minimum atomic E-state index is -1.17. The Morgan fingerprint density at radius 1 is 1.29 bits per heavy atom. The number of carbonyl (C=O) groups is 2. The zero-order valence-electron chi connectivity index (χ0n) is 11.8. The number of benzene rings is 1. The van der Waals surface area contributed by atoms with Crippen LogP contribution >= 0.6 is 15.9 Å². The second-order valence-corrected chi connectivity index (χ2v) is 6.29. The number of hydrogen-bond donors (Lipinski definition) is 1. The highest BCUT2D eigenvalue weighted by molar-refractivity contribution is 9.10. The van der Waals surface area contributed by atoms with Crippen molar-refractivity contribution >= 4 is 33.4 Å². The fourth-order valence-corrected chi connectivity index (χ4v) is 2.66. The van der Waals surface area contributed by atoms with Crippen LogP contribution in [0.1, 0.15) is 27.2 Å². The van der Waals surface area contributed by atoms with E-state index in [9.17, 15) is 18.4 Å². The first kappa shape index (κ1) is 15.9. The summed E-state index contributed by atoms with van der Waals surface area (Å²) in [6, 6.07) is 1.01. The molecular weight excluding hydrogens is 346 g/mol. The summed E-state index contributed by atoms with van der Waals surface area (Å²) in [5, 5.41) is 2.60. The molecule has 1 aromatic carbocycles. The lowest BCUT2D eigenvalue weighted by atomic mass is 9.95. The molecule has 21 heavy (non-hydrogen) atoms. The van der Waals surface area contributed by atoms with Crippen molar-refractivity contribution in [3.8, 4) is 0 Å². The van der Waals surface area contributed by atoms with E-state index >= 15 is 0 Å². The van der Waals surface area contributed by atoms with Crippen molar-refractivity contribution in [2.45, 2.75) is 38.8 Å². The molecule has 0 saturated carbocycles. The summed E-state index contributed by atoms with van der Waals surface area (Å²) in [4.78, 5) is 25.7. The number of amides is 2. The summed E-state index contributed by atoms with van der Waals surface area (Å²) in [6.45, 7) is 4.76. The topological polar surface area (TPSA) is 49.4 Å². The van der Waals surface area contributed by atoms with Gasteiger partial charge in [-0.05, 0) is 42.3 Å². The molecule has 0 aromatic heterocycles. The van der Waals surface area contributed by atoms with Crippen molar-refractivity contribution < 1.29 is 18.4 Å². The Hall–Kier alpha value is -1.50. The molecular formula is C14H15BrF2N2O2. The van der Waals surface area contributed by atoms with Crippen molar-refractivity contribution in [3.63, 3.8) is 0 Å². The molecule has 1 aromatic rings. The van der Waals surface area contributed by atoms with Crippen LogP contribution in [0.3, 0.4) is 0 Å². The second kappa shape index (κ2) is 5.36. The SMILES string of the molecule is CCC1C(=O)NC(C)(C)C(=O)N1c1cc(F)c(Br)cc1F. The third-order valence-corrected chi connectivity index (χ3v) is 4.05. The summed E-state index contributed by atoms with van der Waals surface area (Å²) in [5.41, 5.74) is -1.39. The molecule has 1 unspecified atom stereocenters. The van der Waals surface area contributed by atoms with Crippen LogP contribution in [0, 0.1) is 11.6 Å². The maximum Gasteiger partial charge on any atom is 0.252 e. The van der Waals surface area contributed by atoms with Gasteiger partial charge >= 0.3 is 0 Å². The van der Waals surface area contributed by atoms with Crippen LogP contribution in [0.15, 0.2) is 16.6 Å².